The molecular weight excluding hydrogens is 402 g/mol. The molecule has 0 aromatic heterocycles. The Morgan fingerprint density at radius 1 is 1.14 bits per heavy atom. The fourth-order valence-electron chi connectivity index (χ4n) is 1.62. The average Bonchev–Trinajstić information content (AvgIpc) is 2.47. The van der Waals surface area contributed by atoms with Crippen molar-refractivity contribution in [1.82, 2.24) is 0 Å². The zero-order valence-electron chi connectivity index (χ0n) is 11.2. The van der Waals surface area contributed by atoms with Crippen LogP contribution in [0.25, 0.3) is 0 Å². The lowest BCUT2D eigenvalue weighted by atomic mass is 10.3. The first-order valence-corrected chi connectivity index (χ1v) is 7.69. The zero-order valence-corrected chi connectivity index (χ0v) is 14.4. The van der Waals surface area contributed by atoms with Crippen molar-refractivity contribution in [3.8, 4) is 11.5 Å². The van der Waals surface area contributed by atoms with E-state index in [1.54, 1.807) is 37.4 Å². The lowest BCUT2D eigenvalue weighted by molar-refractivity contribution is -0.118. The van der Waals surface area contributed by atoms with E-state index in [0.29, 0.717) is 17.2 Å². The Balaban J connectivity index is 1.89. The van der Waals surface area contributed by atoms with Crippen molar-refractivity contribution in [2.45, 2.75) is 0 Å². The van der Waals surface area contributed by atoms with E-state index in [9.17, 15) is 4.79 Å². The third-order valence-electron chi connectivity index (χ3n) is 2.62. The smallest absolute Gasteiger partial charge is 0.262 e. The lowest BCUT2D eigenvalue weighted by Gasteiger charge is -2.09. The summed E-state index contributed by atoms with van der Waals surface area (Å²) in [6.07, 6.45) is 0. The molecule has 0 aliphatic heterocycles. The maximum atomic E-state index is 11.8. The molecule has 2 aromatic carbocycles. The summed E-state index contributed by atoms with van der Waals surface area (Å²) in [4.78, 5) is 11.8. The second-order valence-electron chi connectivity index (χ2n) is 4.14. The number of anilines is 1. The zero-order chi connectivity index (χ0) is 15.2. The van der Waals surface area contributed by atoms with Crippen LogP contribution in [0.4, 0.5) is 5.69 Å². The molecule has 2 rings (SSSR count). The fraction of sp³-hybridized carbons (Fsp3) is 0.133. The molecule has 0 atom stereocenters. The molecule has 0 aliphatic rings. The summed E-state index contributed by atoms with van der Waals surface area (Å²) in [5, 5.41) is 2.76. The minimum atomic E-state index is -0.227. The Hall–Kier alpha value is -1.53. The molecule has 0 aliphatic carbocycles. The molecule has 2 aromatic rings. The molecule has 0 saturated carbocycles. The van der Waals surface area contributed by atoms with Crippen molar-refractivity contribution in [3.63, 3.8) is 0 Å². The SMILES string of the molecule is COc1ccc(NC(=O)COc2ccc(Br)cc2)cc1Br. The van der Waals surface area contributed by atoms with E-state index in [0.717, 1.165) is 8.95 Å². The van der Waals surface area contributed by atoms with Gasteiger partial charge in [0.25, 0.3) is 5.91 Å². The Morgan fingerprint density at radius 3 is 2.48 bits per heavy atom. The van der Waals surface area contributed by atoms with Gasteiger partial charge in [-0.2, -0.15) is 0 Å². The van der Waals surface area contributed by atoms with Gasteiger partial charge in [-0.15, -0.1) is 0 Å². The van der Waals surface area contributed by atoms with Crippen LogP contribution in [0.15, 0.2) is 51.4 Å². The van der Waals surface area contributed by atoms with E-state index in [-0.39, 0.29) is 12.5 Å². The van der Waals surface area contributed by atoms with E-state index in [1.165, 1.54) is 0 Å². The highest BCUT2D eigenvalue weighted by Gasteiger charge is 2.06. The summed E-state index contributed by atoms with van der Waals surface area (Å²) in [6, 6.07) is 12.6. The highest BCUT2D eigenvalue weighted by molar-refractivity contribution is 9.10. The molecule has 0 fully saturated rings. The van der Waals surface area contributed by atoms with Gasteiger partial charge in [0, 0.05) is 10.2 Å². The molecule has 1 N–H and O–H groups in total. The summed E-state index contributed by atoms with van der Waals surface area (Å²) in [6.45, 7) is -0.0503. The standard InChI is InChI=1S/C15H13Br2NO3/c1-20-14-7-4-11(8-13(14)17)18-15(19)9-21-12-5-2-10(16)3-6-12/h2-8H,9H2,1H3,(H,18,19). The third-order valence-corrected chi connectivity index (χ3v) is 3.77. The summed E-state index contributed by atoms with van der Waals surface area (Å²) >= 11 is 6.71. The van der Waals surface area contributed by atoms with Crippen LogP contribution in [0.5, 0.6) is 11.5 Å². The molecule has 0 radical (unpaired) electrons. The van der Waals surface area contributed by atoms with Crippen LogP contribution < -0.4 is 14.8 Å². The predicted molar refractivity (Wildman–Crippen MR) is 89.0 cm³/mol. The van der Waals surface area contributed by atoms with E-state index in [4.69, 9.17) is 9.47 Å². The summed E-state index contributed by atoms with van der Waals surface area (Å²) in [5.74, 6) is 1.12. The van der Waals surface area contributed by atoms with Gasteiger partial charge in [0.1, 0.15) is 11.5 Å². The molecule has 4 nitrogen and oxygen atoms in total. The van der Waals surface area contributed by atoms with Crippen molar-refractivity contribution in [1.29, 1.82) is 0 Å². The molecule has 1 amide bonds. The molecular formula is C15H13Br2NO3. The number of nitrogens with one attached hydrogen (secondary N) is 1. The van der Waals surface area contributed by atoms with Crippen LogP contribution in [-0.4, -0.2) is 19.6 Å². The number of rotatable bonds is 5. The number of carbonyl (C=O) groups is 1. The summed E-state index contributed by atoms with van der Waals surface area (Å²) in [7, 11) is 1.59. The van der Waals surface area contributed by atoms with Gasteiger partial charge in [-0.25, -0.2) is 0 Å². The van der Waals surface area contributed by atoms with Gasteiger partial charge in [0.15, 0.2) is 6.61 Å². The first-order chi connectivity index (χ1) is 10.1. The van der Waals surface area contributed by atoms with Crippen molar-refractivity contribution >= 4 is 43.5 Å². The highest BCUT2D eigenvalue weighted by Crippen LogP contribution is 2.27. The van der Waals surface area contributed by atoms with Gasteiger partial charge in [-0.1, -0.05) is 15.9 Å². The molecule has 0 heterocycles. The molecule has 0 saturated heterocycles. The normalized spacial score (nSPS) is 10.0. The quantitative estimate of drug-likeness (QED) is 0.795. The van der Waals surface area contributed by atoms with Crippen LogP contribution in [-0.2, 0) is 4.79 Å². The molecule has 110 valence electrons. The molecule has 0 unspecified atom stereocenters. The van der Waals surface area contributed by atoms with E-state index >= 15 is 0 Å². The topological polar surface area (TPSA) is 47.6 Å². The Bertz CT molecular complexity index is 629. The van der Waals surface area contributed by atoms with Gasteiger partial charge in [-0.3, -0.25) is 4.79 Å². The number of carbonyl (C=O) groups excluding carboxylic acids is 1. The molecule has 21 heavy (non-hydrogen) atoms. The summed E-state index contributed by atoms with van der Waals surface area (Å²) in [5.41, 5.74) is 0.673. The molecule has 6 heteroatoms. The first-order valence-electron chi connectivity index (χ1n) is 6.10. The minimum Gasteiger partial charge on any atom is -0.496 e. The van der Waals surface area contributed by atoms with Gasteiger partial charge in [0.2, 0.25) is 0 Å². The highest BCUT2D eigenvalue weighted by atomic mass is 79.9. The lowest BCUT2D eigenvalue weighted by Crippen LogP contribution is -2.20. The van der Waals surface area contributed by atoms with Gasteiger partial charge >= 0.3 is 0 Å². The summed E-state index contributed by atoms with van der Waals surface area (Å²) < 4.78 is 12.3. The predicted octanol–water partition coefficient (Wildman–Crippen LogP) is 4.24. The number of hydrogen-bond donors (Lipinski definition) is 1. The van der Waals surface area contributed by atoms with Crippen LogP contribution in [0.2, 0.25) is 0 Å². The number of hydrogen-bond acceptors (Lipinski definition) is 3. The van der Waals surface area contributed by atoms with Crippen LogP contribution in [0, 0.1) is 0 Å². The van der Waals surface area contributed by atoms with Gasteiger partial charge in [0.05, 0.1) is 11.6 Å². The minimum absolute atomic E-state index is 0.0503. The molecule has 0 bridgehead atoms. The van der Waals surface area contributed by atoms with E-state index in [1.807, 2.05) is 12.1 Å². The fourth-order valence-corrected chi connectivity index (χ4v) is 2.43. The largest absolute Gasteiger partial charge is 0.496 e. The Labute approximate surface area is 139 Å². The first kappa shape index (κ1) is 15.9. The van der Waals surface area contributed by atoms with Crippen molar-refractivity contribution in [3.05, 3.63) is 51.4 Å². The molecule has 0 spiro atoms. The van der Waals surface area contributed by atoms with Crippen molar-refractivity contribution in [2.24, 2.45) is 0 Å². The second kappa shape index (κ2) is 7.47. The average molecular weight is 415 g/mol. The number of benzene rings is 2. The number of ether oxygens (including phenoxy) is 2. The van der Waals surface area contributed by atoms with Crippen LogP contribution in [0.1, 0.15) is 0 Å². The van der Waals surface area contributed by atoms with Crippen molar-refractivity contribution in [2.75, 3.05) is 19.0 Å². The van der Waals surface area contributed by atoms with Crippen LogP contribution in [0.3, 0.4) is 0 Å². The number of halogens is 2. The van der Waals surface area contributed by atoms with Gasteiger partial charge in [-0.05, 0) is 58.4 Å². The number of amides is 1. The number of methoxy groups -OCH3 is 1. The Morgan fingerprint density at radius 2 is 1.86 bits per heavy atom. The maximum absolute atomic E-state index is 11.8. The Kier molecular flexibility index (Phi) is 5.64. The van der Waals surface area contributed by atoms with Gasteiger partial charge < -0.3 is 14.8 Å². The van der Waals surface area contributed by atoms with E-state index < -0.39 is 0 Å². The van der Waals surface area contributed by atoms with Crippen molar-refractivity contribution < 1.29 is 14.3 Å². The van der Waals surface area contributed by atoms with Crippen LogP contribution >= 0.6 is 31.9 Å². The van der Waals surface area contributed by atoms with E-state index in [2.05, 4.69) is 37.2 Å². The monoisotopic (exact) mass is 413 g/mol. The third kappa shape index (κ3) is 4.75. The maximum Gasteiger partial charge on any atom is 0.262 e. The second-order valence-corrected chi connectivity index (χ2v) is 5.91.